The van der Waals surface area contributed by atoms with Crippen molar-refractivity contribution in [3.63, 3.8) is 0 Å². The van der Waals surface area contributed by atoms with Crippen molar-refractivity contribution in [3.05, 3.63) is 30.1 Å². The van der Waals surface area contributed by atoms with Gasteiger partial charge in [-0.2, -0.15) is 0 Å². The first-order valence-corrected chi connectivity index (χ1v) is 8.38. The van der Waals surface area contributed by atoms with Crippen LogP contribution in [0.4, 0.5) is 0 Å². The van der Waals surface area contributed by atoms with E-state index < -0.39 is 0 Å². The van der Waals surface area contributed by atoms with Gasteiger partial charge in [-0.1, -0.05) is 18.9 Å². The molecular formula is C12H17Cl2CuN3. The topological polar surface area (TPSA) is 51.3 Å². The van der Waals surface area contributed by atoms with E-state index in [1.165, 1.54) is 12.8 Å². The van der Waals surface area contributed by atoms with E-state index in [0.717, 1.165) is 31.7 Å². The molecule has 0 amide bonds. The van der Waals surface area contributed by atoms with Crippen LogP contribution in [-0.2, 0) is 13.1 Å². The average Bonchev–Trinajstić information content (AvgIpc) is 2.40. The van der Waals surface area contributed by atoms with Crippen molar-refractivity contribution >= 4 is 26.4 Å². The van der Waals surface area contributed by atoms with Gasteiger partial charge in [0.05, 0.1) is 11.7 Å². The van der Waals surface area contributed by atoms with E-state index in [-0.39, 0.29) is 6.04 Å². The molecule has 0 bridgehead atoms. The summed E-state index contributed by atoms with van der Waals surface area (Å²) >= 11 is 0.757. The van der Waals surface area contributed by atoms with Gasteiger partial charge in [-0.15, -0.1) is 0 Å². The van der Waals surface area contributed by atoms with Gasteiger partial charge in [0.15, 0.2) is 0 Å². The van der Waals surface area contributed by atoms with Gasteiger partial charge in [-0.05, 0) is 25.0 Å². The molecule has 18 heavy (non-hydrogen) atoms. The molecule has 1 aliphatic carbocycles. The predicted octanol–water partition coefficient (Wildman–Crippen LogP) is 3.15. The van der Waals surface area contributed by atoms with Crippen LogP contribution in [0.3, 0.4) is 0 Å². The first-order valence-electron chi connectivity index (χ1n) is 5.79. The first kappa shape index (κ1) is 15.9. The van der Waals surface area contributed by atoms with E-state index in [1.54, 1.807) is 6.20 Å². The van der Waals surface area contributed by atoms with Crippen LogP contribution in [0.15, 0.2) is 29.4 Å². The second-order valence-electron chi connectivity index (χ2n) is 4.09. The van der Waals surface area contributed by atoms with Crippen LogP contribution in [0.1, 0.15) is 31.4 Å². The second kappa shape index (κ2) is 9.76. The number of nitrogens with two attached hydrogens (primary N) is 1. The minimum absolute atomic E-state index is 0.235. The van der Waals surface area contributed by atoms with Crippen LogP contribution < -0.4 is 5.73 Å². The monoisotopic (exact) mass is 336 g/mol. The molecule has 1 heterocycles. The van der Waals surface area contributed by atoms with E-state index in [2.05, 4.69) is 30.2 Å². The normalized spacial score (nSPS) is 23.7. The Balaban J connectivity index is 0.000000492. The van der Waals surface area contributed by atoms with Gasteiger partial charge in [0.1, 0.15) is 0 Å². The Hall–Kier alpha value is -0.121. The summed E-state index contributed by atoms with van der Waals surface area (Å²) in [5.74, 6) is 0. The fourth-order valence-corrected chi connectivity index (χ4v) is 1.95. The predicted molar refractivity (Wildman–Crippen MR) is 73.8 cm³/mol. The zero-order chi connectivity index (χ0) is 13.2. The molecular weight excluding hydrogens is 321 g/mol. The molecule has 0 spiro atoms. The van der Waals surface area contributed by atoms with Crippen molar-refractivity contribution in [2.24, 2.45) is 10.7 Å². The van der Waals surface area contributed by atoms with E-state index in [1.807, 2.05) is 24.4 Å². The second-order valence-corrected chi connectivity index (χ2v) is 5.65. The molecule has 1 aliphatic rings. The standard InChI is InChI=1S/C12H17N3.2ClH.Cu/c13-11-6-1-2-7-12(11)15-9-10-5-3-4-8-14-10;;;/h3-5,8-9,11-12H,1-2,6-7,13H2;2*1H;/q;;;+2/p-2/t11-,12-;;;/m1.../s1. The van der Waals surface area contributed by atoms with E-state index in [4.69, 9.17) is 5.73 Å². The number of nitrogens with zero attached hydrogens (tertiary/aromatic N) is 2. The van der Waals surface area contributed by atoms with Gasteiger partial charge in [-0.25, -0.2) is 0 Å². The summed E-state index contributed by atoms with van der Waals surface area (Å²) in [6.45, 7) is 0. The Kier molecular flexibility index (Phi) is 8.64. The molecule has 2 N–H and O–H groups in total. The Morgan fingerprint density at radius 1 is 1.33 bits per heavy atom. The molecule has 2 rings (SSSR count). The van der Waals surface area contributed by atoms with Crippen LogP contribution in [0.5, 0.6) is 0 Å². The summed E-state index contributed by atoms with van der Waals surface area (Å²) in [5.41, 5.74) is 6.92. The molecule has 1 fully saturated rings. The third-order valence-electron chi connectivity index (χ3n) is 2.87. The third-order valence-corrected chi connectivity index (χ3v) is 2.87. The summed E-state index contributed by atoms with van der Waals surface area (Å²) < 4.78 is 0. The molecule has 0 saturated heterocycles. The van der Waals surface area contributed by atoms with Crippen molar-refractivity contribution in [3.8, 4) is 0 Å². The SMILES string of the molecule is N[C@@H]1CCCC[C@H]1N=Cc1ccccn1.[Cl][Cu][Cl]. The maximum atomic E-state index is 6.01. The number of aromatic nitrogens is 1. The number of hydrogen-bond acceptors (Lipinski definition) is 3. The summed E-state index contributed by atoms with van der Waals surface area (Å²) in [6.07, 6.45) is 8.33. The molecule has 105 valence electrons. The van der Waals surface area contributed by atoms with Crippen LogP contribution >= 0.6 is 20.2 Å². The molecule has 0 aromatic carbocycles. The summed E-state index contributed by atoms with van der Waals surface area (Å²) in [4.78, 5) is 8.72. The van der Waals surface area contributed by atoms with Gasteiger partial charge < -0.3 is 5.73 Å². The quantitative estimate of drug-likeness (QED) is 0.666. The molecule has 0 unspecified atom stereocenters. The molecule has 1 aromatic heterocycles. The van der Waals surface area contributed by atoms with Crippen molar-refractivity contribution in [1.29, 1.82) is 0 Å². The first-order chi connectivity index (χ1) is 8.77. The average molecular weight is 338 g/mol. The number of pyridine rings is 1. The zero-order valence-corrected chi connectivity index (χ0v) is 12.4. The van der Waals surface area contributed by atoms with Crippen LogP contribution in [0.2, 0.25) is 0 Å². The van der Waals surface area contributed by atoms with Gasteiger partial charge in [0.25, 0.3) is 0 Å². The van der Waals surface area contributed by atoms with Crippen molar-refractivity contribution in [2.75, 3.05) is 0 Å². The fraction of sp³-hybridized carbons (Fsp3) is 0.500. The van der Waals surface area contributed by atoms with Gasteiger partial charge in [0, 0.05) is 18.5 Å². The van der Waals surface area contributed by atoms with E-state index in [0.29, 0.717) is 6.04 Å². The number of aliphatic imine (C=N–C) groups is 1. The molecule has 1 saturated carbocycles. The van der Waals surface area contributed by atoms with Crippen molar-refractivity contribution in [1.82, 2.24) is 4.98 Å². The maximum absolute atomic E-state index is 6.01. The van der Waals surface area contributed by atoms with Crippen LogP contribution in [-0.4, -0.2) is 23.3 Å². The fourth-order valence-electron chi connectivity index (χ4n) is 1.95. The van der Waals surface area contributed by atoms with Gasteiger partial charge >= 0.3 is 33.3 Å². The van der Waals surface area contributed by atoms with E-state index >= 15 is 0 Å². The molecule has 2 atom stereocenters. The van der Waals surface area contributed by atoms with Gasteiger partial charge in [-0.3, -0.25) is 9.98 Å². The summed E-state index contributed by atoms with van der Waals surface area (Å²) in [7, 11) is 9.34. The van der Waals surface area contributed by atoms with Crippen LogP contribution in [0.25, 0.3) is 0 Å². The molecule has 1 aromatic rings. The Morgan fingerprint density at radius 3 is 2.67 bits per heavy atom. The number of rotatable bonds is 2. The Morgan fingerprint density at radius 2 is 2.06 bits per heavy atom. The summed E-state index contributed by atoms with van der Waals surface area (Å²) in [6, 6.07) is 6.36. The van der Waals surface area contributed by atoms with Crippen LogP contribution in [0, 0.1) is 0 Å². The van der Waals surface area contributed by atoms with Gasteiger partial charge in [0.2, 0.25) is 0 Å². The Labute approximate surface area is 123 Å². The van der Waals surface area contributed by atoms with Crippen molar-refractivity contribution in [2.45, 2.75) is 37.8 Å². The molecule has 0 aliphatic heterocycles. The third kappa shape index (κ3) is 6.17. The Bertz CT molecular complexity index is 348. The molecule has 0 radical (unpaired) electrons. The zero-order valence-electron chi connectivity index (χ0n) is 9.90. The number of hydrogen-bond donors (Lipinski definition) is 1. The molecule has 6 heteroatoms. The minimum atomic E-state index is 0.235. The molecule has 3 nitrogen and oxygen atoms in total. The van der Waals surface area contributed by atoms with Crippen molar-refractivity contribution < 1.29 is 13.1 Å². The number of halogens is 2. The van der Waals surface area contributed by atoms with E-state index in [9.17, 15) is 0 Å². The summed E-state index contributed by atoms with van der Waals surface area (Å²) in [5, 5.41) is 0.